The number of carbonyl (C=O) groups is 1. The lowest BCUT2D eigenvalue weighted by atomic mass is 10.1. The van der Waals surface area contributed by atoms with E-state index in [9.17, 15) is 9.90 Å². The summed E-state index contributed by atoms with van der Waals surface area (Å²) in [7, 11) is 0. The Bertz CT molecular complexity index is 676. The molecule has 0 radical (unpaired) electrons. The number of halogens is 2. The van der Waals surface area contributed by atoms with Gasteiger partial charge in [0.05, 0.1) is 10.7 Å². The lowest BCUT2D eigenvalue weighted by molar-refractivity contribution is -0.139. The molecule has 124 valence electrons. The maximum atomic E-state index is 11.2. The number of unbranched alkanes of at least 4 members (excludes halogenated alkanes) is 1. The van der Waals surface area contributed by atoms with Crippen molar-refractivity contribution in [2.24, 2.45) is 0 Å². The van der Waals surface area contributed by atoms with Gasteiger partial charge >= 0.3 is 5.97 Å². The van der Waals surface area contributed by atoms with E-state index in [4.69, 9.17) is 23.2 Å². The van der Waals surface area contributed by atoms with Crippen LogP contribution in [0.3, 0.4) is 0 Å². The van der Waals surface area contributed by atoms with E-state index in [1.54, 1.807) is 18.2 Å². The third-order valence-corrected chi connectivity index (χ3v) is 4.81. The van der Waals surface area contributed by atoms with Crippen LogP contribution in [0.15, 0.2) is 23.6 Å². The Balaban J connectivity index is 2.04. The van der Waals surface area contributed by atoms with Crippen molar-refractivity contribution in [1.29, 1.82) is 0 Å². The summed E-state index contributed by atoms with van der Waals surface area (Å²) < 4.78 is 0. The van der Waals surface area contributed by atoms with E-state index in [-0.39, 0.29) is 0 Å². The van der Waals surface area contributed by atoms with Crippen LogP contribution in [0.1, 0.15) is 31.2 Å². The molecule has 0 saturated heterocycles. The van der Waals surface area contributed by atoms with E-state index < -0.39 is 12.0 Å². The highest BCUT2D eigenvalue weighted by Crippen LogP contribution is 2.31. The normalized spacial score (nSPS) is 12.3. The van der Waals surface area contributed by atoms with Crippen LogP contribution >= 0.6 is 34.5 Å². The number of aliphatic carboxylic acids is 1. The molecule has 2 rings (SSSR count). The molecule has 2 N–H and O–H groups in total. The fourth-order valence-corrected chi connectivity index (χ4v) is 3.27. The standard InChI is InChI=1S/C16H18Cl2N2O2S/c1-2-3-4-13(16(21)22)19-8-15-20-14(9-23-15)11-7-10(17)5-6-12(11)18/h5-7,9,13,19H,2-4,8H2,1H3,(H,21,22)/t13-/m0/s1. The maximum absolute atomic E-state index is 11.2. The third-order valence-electron chi connectivity index (χ3n) is 3.40. The van der Waals surface area contributed by atoms with Gasteiger partial charge in [-0.25, -0.2) is 4.98 Å². The number of nitrogens with one attached hydrogen (secondary N) is 1. The molecule has 7 heteroatoms. The molecular weight excluding hydrogens is 355 g/mol. The van der Waals surface area contributed by atoms with Crippen molar-refractivity contribution in [1.82, 2.24) is 10.3 Å². The van der Waals surface area contributed by atoms with Crippen LogP contribution in [0.4, 0.5) is 0 Å². The van der Waals surface area contributed by atoms with Gasteiger partial charge in [0, 0.05) is 22.5 Å². The van der Waals surface area contributed by atoms with E-state index in [0.717, 1.165) is 29.1 Å². The first-order chi connectivity index (χ1) is 11.0. The molecule has 2 aromatic rings. The quantitative estimate of drug-likeness (QED) is 0.694. The molecular formula is C16H18Cl2N2O2S. The molecule has 0 aliphatic carbocycles. The van der Waals surface area contributed by atoms with Gasteiger partial charge < -0.3 is 5.11 Å². The van der Waals surface area contributed by atoms with Gasteiger partial charge in [-0.3, -0.25) is 10.1 Å². The molecule has 0 bridgehead atoms. The largest absolute Gasteiger partial charge is 0.480 e. The maximum Gasteiger partial charge on any atom is 0.320 e. The number of aromatic nitrogens is 1. The number of hydrogen-bond acceptors (Lipinski definition) is 4. The Morgan fingerprint density at radius 3 is 2.91 bits per heavy atom. The summed E-state index contributed by atoms with van der Waals surface area (Å²) in [5.41, 5.74) is 1.53. The van der Waals surface area contributed by atoms with Gasteiger partial charge in [0.2, 0.25) is 0 Å². The number of thiazole rings is 1. The number of hydrogen-bond donors (Lipinski definition) is 2. The van der Waals surface area contributed by atoms with Crippen molar-refractivity contribution in [3.05, 3.63) is 38.6 Å². The first kappa shape index (κ1) is 18.2. The lowest BCUT2D eigenvalue weighted by Gasteiger charge is -2.12. The molecule has 0 aliphatic rings. The van der Waals surface area contributed by atoms with Gasteiger partial charge in [-0.15, -0.1) is 11.3 Å². The Morgan fingerprint density at radius 2 is 2.22 bits per heavy atom. The Labute approximate surface area is 149 Å². The molecule has 0 saturated carbocycles. The molecule has 1 aromatic carbocycles. The van der Waals surface area contributed by atoms with Crippen LogP contribution in [0.5, 0.6) is 0 Å². The Hall–Kier alpha value is -1.14. The molecule has 1 atom stereocenters. The SMILES string of the molecule is CCCC[C@H](NCc1nc(-c2cc(Cl)ccc2Cl)cs1)C(=O)O. The number of carboxylic acids is 1. The average molecular weight is 373 g/mol. The highest BCUT2D eigenvalue weighted by Gasteiger charge is 2.17. The first-order valence-corrected chi connectivity index (χ1v) is 9.00. The van der Waals surface area contributed by atoms with Crippen molar-refractivity contribution in [3.8, 4) is 11.3 Å². The Kier molecular flexibility index (Phi) is 6.84. The minimum absolute atomic E-state index is 0.420. The fourth-order valence-electron chi connectivity index (χ4n) is 2.14. The van der Waals surface area contributed by atoms with Crippen LogP contribution in [0, 0.1) is 0 Å². The molecule has 0 spiro atoms. The average Bonchev–Trinajstić information content (AvgIpc) is 2.98. The molecule has 0 unspecified atom stereocenters. The van der Waals surface area contributed by atoms with Crippen molar-refractivity contribution in [2.75, 3.05) is 0 Å². The molecule has 4 nitrogen and oxygen atoms in total. The summed E-state index contributed by atoms with van der Waals surface area (Å²) in [5, 5.41) is 16.2. The predicted octanol–water partition coefficient (Wildman–Crippen LogP) is 4.85. The third kappa shape index (κ3) is 5.18. The summed E-state index contributed by atoms with van der Waals surface area (Å²) in [6.45, 7) is 2.46. The van der Waals surface area contributed by atoms with Crippen LogP contribution in [0.2, 0.25) is 10.0 Å². The second-order valence-electron chi connectivity index (χ2n) is 5.16. The summed E-state index contributed by atoms with van der Waals surface area (Å²) >= 11 is 13.6. The molecule has 23 heavy (non-hydrogen) atoms. The summed E-state index contributed by atoms with van der Waals surface area (Å²) in [6.07, 6.45) is 2.47. The number of carboxylic acid groups (broad SMARTS) is 1. The van der Waals surface area contributed by atoms with Gasteiger partial charge in [-0.2, -0.15) is 0 Å². The van der Waals surface area contributed by atoms with Gasteiger partial charge in [-0.1, -0.05) is 43.0 Å². The topological polar surface area (TPSA) is 62.2 Å². The predicted molar refractivity (Wildman–Crippen MR) is 95.4 cm³/mol. The van der Waals surface area contributed by atoms with E-state index in [2.05, 4.69) is 10.3 Å². The first-order valence-electron chi connectivity index (χ1n) is 7.37. The van der Waals surface area contributed by atoms with E-state index in [0.29, 0.717) is 23.0 Å². The molecule has 1 aromatic heterocycles. The van der Waals surface area contributed by atoms with Crippen molar-refractivity contribution in [3.63, 3.8) is 0 Å². The molecule has 0 amide bonds. The smallest absolute Gasteiger partial charge is 0.320 e. The zero-order chi connectivity index (χ0) is 16.8. The van der Waals surface area contributed by atoms with Crippen molar-refractivity contribution >= 4 is 40.5 Å². The van der Waals surface area contributed by atoms with E-state index in [1.165, 1.54) is 11.3 Å². The lowest BCUT2D eigenvalue weighted by Crippen LogP contribution is -2.36. The minimum Gasteiger partial charge on any atom is -0.480 e. The van der Waals surface area contributed by atoms with Crippen LogP contribution in [0.25, 0.3) is 11.3 Å². The summed E-state index contributed by atoms with van der Waals surface area (Å²) in [5.74, 6) is -0.826. The van der Waals surface area contributed by atoms with Crippen LogP contribution in [-0.4, -0.2) is 22.1 Å². The fraction of sp³-hybridized carbons (Fsp3) is 0.375. The van der Waals surface area contributed by atoms with Crippen molar-refractivity contribution < 1.29 is 9.90 Å². The zero-order valence-corrected chi connectivity index (χ0v) is 15.0. The number of rotatable bonds is 8. The second kappa shape index (κ2) is 8.64. The summed E-state index contributed by atoms with van der Waals surface area (Å²) in [6, 6.07) is 4.70. The van der Waals surface area contributed by atoms with Gasteiger partial charge in [-0.05, 0) is 24.6 Å². The second-order valence-corrected chi connectivity index (χ2v) is 6.95. The van der Waals surface area contributed by atoms with E-state index in [1.807, 2.05) is 12.3 Å². The molecule has 0 aliphatic heterocycles. The zero-order valence-electron chi connectivity index (χ0n) is 12.7. The van der Waals surface area contributed by atoms with Crippen LogP contribution in [-0.2, 0) is 11.3 Å². The van der Waals surface area contributed by atoms with Crippen LogP contribution < -0.4 is 5.32 Å². The monoisotopic (exact) mass is 372 g/mol. The van der Waals surface area contributed by atoms with Crippen molar-refractivity contribution in [2.45, 2.75) is 38.8 Å². The van der Waals surface area contributed by atoms with Gasteiger partial charge in [0.1, 0.15) is 11.0 Å². The van der Waals surface area contributed by atoms with Gasteiger partial charge in [0.25, 0.3) is 0 Å². The Morgan fingerprint density at radius 1 is 1.43 bits per heavy atom. The summed E-state index contributed by atoms with van der Waals surface area (Å²) in [4.78, 5) is 15.7. The van der Waals surface area contributed by atoms with Gasteiger partial charge in [0.15, 0.2) is 0 Å². The number of benzene rings is 1. The minimum atomic E-state index is -0.826. The van der Waals surface area contributed by atoms with E-state index >= 15 is 0 Å². The highest BCUT2D eigenvalue weighted by atomic mass is 35.5. The molecule has 0 fully saturated rings. The highest BCUT2D eigenvalue weighted by molar-refractivity contribution is 7.09. The molecule has 1 heterocycles. The number of nitrogens with zero attached hydrogens (tertiary/aromatic N) is 1.